The van der Waals surface area contributed by atoms with E-state index in [0.717, 1.165) is 44.6 Å². The van der Waals surface area contributed by atoms with Crippen molar-refractivity contribution in [2.45, 2.75) is 102 Å². The predicted octanol–water partition coefficient (Wildman–Crippen LogP) is 3.12. The van der Waals surface area contributed by atoms with Gasteiger partial charge in [-0.2, -0.15) is 0 Å². The number of piperidine rings is 4. The maximum Gasteiger partial charge on any atom is 0.236 e. The molecule has 7 heteroatoms. The molecule has 37 heavy (non-hydrogen) atoms. The molecule has 4 N–H and O–H groups in total. The van der Waals surface area contributed by atoms with Gasteiger partial charge in [0.2, 0.25) is 5.91 Å². The number of carbonyl (C=O) groups is 1. The minimum absolute atomic E-state index is 0.191. The number of amides is 1. The van der Waals surface area contributed by atoms with Crippen LogP contribution in [0.3, 0.4) is 0 Å². The van der Waals surface area contributed by atoms with Crippen molar-refractivity contribution in [1.82, 2.24) is 19.6 Å². The Hall–Kier alpha value is -0.730. The molecule has 2 unspecified atom stereocenters. The van der Waals surface area contributed by atoms with Crippen molar-refractivity contribution in [3.8, 4) is 0 Å². The highest BCUT2D eigenvalue weighted by Gasteiger charge is 2.34. The second-order valence-corrected chi connectivity index (χ2v) is 12.8. The number of primary amides is 1. The summed E-state index contributed by atoms with van der Waals surface area (Å²) in [5.41, 5.74) is 12.6. The summed E-state index contributed by atoms with van der Waals surface area (Å²) in [5.74, 6) is 1.42. The molecule has 4 rings (SSSR count). The van der Waals surface area contributed by atoms with Crippen LogP contribution in [0.2, 0.25) is 0 Å². The quantitative estimate of drug-likeness (QED) is 0.390. The molecule has 0 spiro atoms. The van der Waals surface area contributed by atoms with E-state index in [2.05, 4.69) is 19.6 Å². The van der Waals surface area contributed by atoms with Gasteiger partial charge in [-0.25, -0.2) is 0 Å². The molecule has 4 aliphatic heterocycles. The maximum atomic E-state index is 12.5. The van der Waals surface area contributed by atoms with Gasteiger partial charge in [0.1, 0.15) is 6.04 Å². The van der Waals surface area contributed by atoms with E-state index < -0.39 is 0 Å². The van der Waals surface area contributed by atoms with Gasteiger partial charge in [0.25, 0.3) is 0 Å². The standard InChI is InChI=1S/C30H58N6O/c31-28(25-35-21-11-26(12-22-35)9-7-19-33-15-3-1-4-16-33)29(30(32)37)36-23-13-27(14-24-36)10-8-20-34-17-5-2-6-18-34/h26-29H,1-25,31H2,(H2,32,37). The Morgan fingerprint density at radius 1 is 0.649 bits per heavy atom. The summed E-state index contributed by atoms with van der Waals surface area (Å²) < 4.78 is 0. The third kappa shape index (κ3) is 9.75. The van der Waals surface area contributed by atoms with Crippen molar-refractivity contribution in [3.05, 3.63) is 0 Å². The third-order valence-electron chi connectivity index (χ3n) is 9.99. The molecule has 4 fully saturated rings. The smallest absolute Gasteiger partial charge is 0.236 e. The highest BCUT2D eigenvalue weighted by atomic mass is 16.1. The summed E-state index contributed by atoms with van der Waals surface area (Å²) in [4.78, 5) is 22.6. The van der Waals surface area contributed by atoms with Crippen molar-refractivity contribution >= 4 is 5.91 Å². The van der Waals surface area contributed by atoms with E-state index in [1.54, 1.807) is 0 Å². The first-order chi connectivity index (χ1) is 18.1. The number of nitrogens with zero attached hydrogens (tertiary/aromatic N) is 4. The highest BCUT2D eigenvalue weighted by molar-refractivity contribution is 5.80. The van der Waals surface area contributed by atoms with Crippen molar-refractivity contribution in [1.29, 1.82) is 0 Å². The molecule has 4 heterocycles. The van der Waals surface area contributed by atoms with E-state index in [4.69, 9.17) is 11.5 Å². The van der Waals surface area contributed by atoms with Crippen LogP contribution in [-0.2, 0) is 4.79 Å². The molecule has 0 aromatic heterocycles. The van der Waals surface area contributed by atoms with Crippen LogP contribution >= 0.6 is 0 Å². The van der Waals surface area contributed by atoms with Crippen molar-refractivity contribution in [2.75, 3.05) is 72.0 Å². The lowest BCUT2D eigenvalue weighted by atomic mass is 9.89. The van der Waals surface area contributed by atoms with Crippen LogP contribution in [0.25, 0.3) is 0 Å². The lowest BCUT2D eigenvalue weighted by Crippen LogP contribution is -2.60. The molecule has 0 aromatic carbocycles. The van der Waals surface area contributed by atoms with E-state index in [1.807, 2.05) is 0 Å². The van der Waals surface area contributed by atoms with Crippen LogP contribution in [0.4, 0.5) is 0 Å². The molecule has 1 amide bonds. The first-order valence-corrected chi connectivity index (χ1v) is 16.0. The minimum atomic E-state index is -0.323. The molecule has 4 saturated heterocycles. The zero-order chi connectivity index (χ0) is 25.9. The fourth-order valence-corrected chi connectivity index (χ4v) is 7.61. The lowest BCUT2D eigenvalue weighted by Gasteiger charge is -2.41. The van der Waals surface area contributed by atoms with E-state index in [-0.39, 0.29) is 18.0 Å². The Bertz CT molecular complexity index is 634. The molecule has 0 bridgehead atoms. The van der Waals surface area contributed by atoms with Gasteiger partial charge in [-0.3, -0.25) is 9.69 Å². The summed E-state index contributed by atoms with van der Waals surface area (Å²) >= 11 is 0. The molecule has 4 aliphatic rings. The van der Waals surface area contributed by atoms with E-state index >= 15 is 0 Å². The van der Waals surface area contributed by atoms with Crippen LogP contribution in [0.5, 0.6) is 0 Å². The Labute approximate surface area is 227 Å². The first kappa shape index (κ1) is 29.3. The molecule has 2 atom stereocenters. The van der Waals surface area contributed by atoms with Crippen LogP contribution in [-0.4, -0.2) is 110 Å². The normalized spacial score (nSPS) is 26.3. The van der Waals surface area contributed by atoms with Crippen molar-refractivity contribution in [3.63, 3.8) is 0 Å². The molecular formula is C30H58N6O. The largest absolute Gasteiger partial charge is 0.368 e. The molecule has 0 saturated carbocycles. The van der Waals surface area contributed by atoms with Gasteiger partial charge in [-0.15, -0.1) is 0 Å². The Balaban J connectivity index is 1.11. The molecule has 0 radical (unpaired) electrons. The van der Waals surface area contributed by atoms with E-state index in [1.165, 1.54) is 129 Å². The van der Waals surface area contributed by atoms with Crippen LogP contribution < -0.4 is 11.5 Å². The summed E-state index contributed by atoms with van der Waals surface area (Å²) in [6.45, 7) is 12.7. The fraction of sp³-hybridized carbons (Fsp3) is 0.967. The van der Waals surface area contributed by atoms with Crippen LogP contribution in [0.1, 0.15) is 89.9 Å². The second kappa shape index (κ2) is 15.8. The average molecular weight is 519 g/mol. The summed E-state index contributed by atoms with van der Waals surface area (Å²) in [6, 6.07) is -0.514. The van der Waals surface area contributed by atoms with E-state index in [0.29, 0.717) is 0 Å². The maximum absolute atomic E-state index is 12.5. The number of nitrogens with two attached hydrogens (primary N) is 2. The fourth-order valence-electron chi connectivity index (χ4n) is 7.61. The first-order valence-electron chi connectivity index (χ1n) is 16.0. The lowest BCUT2D eigenvalue weighted by molar-refractivity contribution is -0.124. The Morgan fingerprint density at radius 2 is 1.11 bits per heavy atom. The zero-order valence-corrected chi connectivity index (χ0v) is 23.8. The van der Waals surface area contributed by atoms with Gasteiger partial charge in [-0.1, -0.05) is 12.8 Å². The number of carbonyl (C=O) groups excluding carboxylic acids is 1. The zero-order valence-electron chi connectivity index (χ0n) is 23.8. The molecular weight excluding hydrogens is 460 g/mol. The minimum Gasteiger partial charge on any atom is -0.368 e. The Morgan fingerprint density at radius 3 is 1.57 bits per heavy atom. The van der Waals surface area contributed by atoms with Crippen LogP contribution in [0, 0.1) is 11.8 Å². The van der Waals surface area contributed by atoms with Gasteiger partial charge in [0.05, 0.1) is 0 Å². The third-order valence-corrected chi connectivity index (χ3v) is 9.99. The SMILES string of the molecule is NC(=O)C(C(N)CN1CCC(CCCN2CCCCC2)CC1)N1CCC(CCCN2CCCCC2)CC1. The summed E-state index contributed by atoms with van der Waals surface area (Å²) in [6.07, 6.45) is 18.6. The van der Waals surface area contributed by atoms with E-state index in [9.17, 15) is 4.79 Å². The molecule has 214 valence electrons. The molecule has 0 aromatic rings. The predicted molar refractivity (Wildman–Crippen MR) is 153 cm³/mol. The number of hydrogen-bond acceptors (Lipinski definition) is 6. The highest BCUT2D eigenvalue weighted by Crippen LogP contribution is 2.26. The van der Waals surface area contributed by atoms with Gasteiger partial charge < -0.3 is 26.2 Å². The summed E-state index contributed by atoms with van der Waals surface area (Å²) in [7, 11) is 0. The Kier molecular flexibility index (Phi) is 12.5. The average Bonchev–Trinajstić information content (AvgIpc) is 2.92. The van der Waals surface area contributed by atoms with Gasteiger partial charge in [0.15, 0.2) is 0 Å². The monoisotopic (exact) mass is 518 g/mol. The van der Waals surface area contributed by atoms with Gasteiger partial charge in [0, 0.05) is 12.6 Å². The summed E-state index contributed by atoms with van der Waals surface area (Å²) in [5, 5.41) is 0. The molecule has 7 nitrogen and oxygen atoms in total. The number of likely N-dealkylation sites (tertiary alicyclic amines) is 4. The van der Waals surface area contributed by atoms with Crippen molar-refractivity contribution < 1.29 is 4.79 Å². The number of hydrogen-bond donors (Lipinski definition) is 2. The molecule has 0 aliphatic carbocycles. The van der Waals surface area contributed by atoms with Gasteiger partial charge >= 0.3 is 0 Å². The van der Waals surface area contributed by atoms with Crippen LogP contribution in [0.15, 0.2) is 0 Å². The van der Waals surface area contributed by atoms with Crippen molar-refractivity contribution in [2.24, 2.45) is 23.3 Å². The number of rotatable bonds is 13. The topological polar surface area (TPSA) is 82.1 Å². The van der Waals surface area contributed by atoms with Gasteiger partial charge in [-0.05, 0) is 154 Å². The second-order valence-electron chi connectivity index (χ2n) is 12.8.